The molecule has 1 aliphatic rings. The highest BCUT2D eigenvalue weighted by Crippen LogP contribution is 2.47. The van der Waals surface area contributed by atoms with Crippen LogP contribution in [0.2, 0.25) is 0 Å². The van der Waals surface area contributed by atoms with Gasteiger partial charge in [-0.2, -0.15) is 0 Å². The maximum absolute atomic E-state index is 11.0. The van der Waals surface area contributed by atoms with E-state index in [2.05, 4.69) is 6.92 Å². The number of phosphoric acid groups is 1. The predicted octanol–water partition coefficient (Wildman–Crippen LogP) is 4.28. The molecule has 1 heterocycles. The Morgan fingerprint density at radius 1 is 1.00 bits per heavy atom. The Kier molecular flexibility index (Phi) is 8.16. The molecule has 4 nitrogen and oxygen atoms in total. The molecule has 1 rings (SSSR count). The van der Waals surface area contributed by atoms with Crippen molar-refractivity contribution in [3.05, 3.63) is 0 Å². The first-order valence-electron chi connectivity index (χ1n) is 7.26. The number of hydrogen-bond acceptors (Lipinski definition) is 3. The van der Waals surface area contributed by atoms with Gasteiger partial charge in [0.1, 0.15) is 0 Å². The van der Waals surface area contributed by atoms with Gasteiger partial charge in [-0.3, -0.25) is 9.05 Å². The quantitative estimate of drug-likeness (QED) is 0.505. The van der Waals surface area contributed by atoms with Gasteiger partial charge in [-0.05, 0) is 6.42 Å². The summed E-state index contributed by atoms with van der Waals surface area (Å²) < 4.78 is 20.6. The monoisotopic (exact) mass is 278 g/mol. The second-order valence-corrected chi connectivity index (χ2v) is 6.64. The average Bonchev–Trinajstić information content (AvgIpc) is 2.34. The van der Waals surface area contributed by atoms with Crippen molar-refractivity contribution in [3.8, 4) is 0 Å². The predicted molar refractivity (Wildman–Crippen MR) is 72.4 cm³/mol. The lowest BCUT2D eigenvalue weighted by Crippen LogP contribution is -2.20. The van der Waals surface area contributed by atoms with Crippen molar-refractivity contribution in [1.82, 2.24) is 0 Å². The van der Waals surface area contributed by atoms with Gasteiger partial charge in [-0.1, -0.05) is 58.3 Å². The molecule has 0 aliphatic carbocycles. The van der Waals surface area contributed by atoms with Crippen LogP contribution < -0.4 is 0 Å². The van der Waals surface area contributed by atoms with Crippen LogP contribution >= 0.6 is 7.82 Å². The Labute approximate surface area is 111 Å². The molecular formula is C13H27O4P. The molecule has 1 N–H and O–H groups in total. The molecule has 0 aromatic heterocycles. The van der Waals surface area contributed by atoms with Crippen LogP contribution in [0.1, 0.15) is 64.7 Å². The van der Waals surface area contributed by atoms with Gasteiger partial charge in [0.15, 0.2) is 0 Å². The molecule has 0 amide bonds. The van der Waals surface area contributed by atoms with E-state index in [0.717, 1.165) is 6.42 Å². The molecule has 5 heteroatoms. The zero-order valence-corrected chi connectivity index (χ0v) is 12.4. The third-order valence-electron chi connectivity index (χ3n) is 3.41. The molecule has 1 saturated heterocycles. The van der Waals surface area contributed by atoms with Crippen molar-refractivity contribution in [2.75, 3.05) is 13.2 Å². The normalized spacial score (nSPS) is 28.4. The Morgan fingerprint density at radius 2 is 1.50 bits per heavy atom. The number of phosphoric ester groups is 1. The van der Waals surface area contributed by atoms with Gasteiger partial charge in [0, 0.05) is 5.92 Å². The average molecular weight is 278 g/mol. The molecule has 0 saturated carbocycles. The van der Waals surface area contributed by atoms with E-state index in [1.807, 2.05) is 0 Å². The number of unbranched alkanes of at least 4 members (excludes halogenated alkanes) is 7. The summed E-state index contributed by atoms with van der Waals surface area (Å²) in [6.07, 6.45) is 11.5. The fourth-order valence-corrected chi connectivity index (χ4v) is 3.09. The van der Waals surface area contributed by atoms with Crippen LogP contribution in [0, 0.1) is 5.92 Å². The van der Waals surface area contributed by atoms with Gasteiger partial charge in [0.25, 0.3) is 0 Å². The van der Waals surface area contributed by atoms with Crippen LogP contribution in [-0.4, -0.2) is 18.1 Å². The van der Waals surface area contributed by atoms with Crippen LogP contribution in [0.15, 0.2) is 0 Å². The molecule has 0 spiro atoms. The van der Waals surface area contributed by atoms with Gasteiger partial charge in [0.2, 0.25) is 0 Å². The lowest BCUT2D eigenvalue weighted by Gasteiger charge is -2.24. The highest BCUT2D eigenvalue weighted by molar-refractivity contribution is 7.47. The molecule has 0 aromatic rings. The molecular weight excluding hydrogens is 251 g/mol. The van der Waals surface area contributed by atoms with Gasteiger partial charge >= 0.3 is 7.82 Å². The fraction of sp³-hybridized carbons (Fsp3) is 1.00. The van der Waals surface area contributed by atoms with Crippen LogP contribution in [-0.2, 0) is 13.6 Å². The first-order chi connectivity index (χ1) is 8.64. The first kappa shape index (κ1) is 16.2. The molecule has 108 valence electrons. The molecule has 1 fully saturated rings. The summed E-state index contributed by atoms with van der Waals surface area (Å²) in [4.78, 5) is 9.02. The molecule has 0 bridgehead atoms. The van der Waals surface area contributed by atoms with E-state index < -0.39 is 7.82 Å². The second-order valence-electron chi connectivity index (χ2n) is 5.19. The van der Waals surface area contributed by atoms with Crippen molar-refractivity contribution >= 4 is 7.82 Å². The summed E-state index contributed by atoms with van der Waals surface area (Å²) >= 11 is 0. The first-order valence-corrected chi connectivity index (χ1v) is 8.75. The summed E-state index contributed by atoms with van der Waals surface area (Å²) in [7, 11) is -3.68. The number of rotatable bonds is 9. The van der Waals surface area contributed by atoms with Gasteiger partial charge in [-0.25, -0.2) is 4.57 Å². The summed E-state index contributed by atoms with van der Waals surface area (Å²) in [6.45, 7) is 2.97. The van der Waals surface area contributed by atoms with Crippen molar-refractivity contribution in [1.29, 1.82) is 0 Å². The zero-order valence-electron chi connectivity index (χ0n) is 11.5. The smallest absolute Gasteiger partial charge is 0.302 e. The zero-order chi connectivity index (χ0) is 13.3. The molecule has 0 radical (unpaired) electrons. The van der Waals surface area contributed by atoms with E-state index in [9.17, 15) is 4.57 Å². The summed E-state index contributed by atoms with van der Waals surface area (Å²) in [5, 5.41) is 0. The van der Waals surface area contributed by atoms with E-state index >= 15 is 0 Å². The van der Waals surface area contributed by atoms with Crippen LogP contribution in [0.5, 0.6) is 0 Å². The van der Waals surface area contributed by atoms with Crippen molar-refractivity contribution in [2.45, 2.75) is 64.7 Å². The molecule has 1 aliphatic heterocycles. The van der Waals surface area contributed by atoms with E-state index in [-0.39, 0.29) is 0 Å². The summed E-state index contributed by atoms with van der Waals surface area (Å²) in [5.74, 6) is 0.291. The van der Waals surface area contributed by atoms with Crippen molar-refractivity contribution in [2.24, 2.45) is 5.92 Å². The van der Waals surface area contributed by atoms with E-state index in [1.54, 1.807) is 0 Å². The summed E-state index contributed by atoms with van der Waals surface area (Å²) in [5.41, 5.74) is 0. The summed E-state index contributed by atoms with van der Waals surface area (Å²) in [6, 6.07) is 0. The van der Waals surface area contributed by atoms with Gasteiger partial charge in [0.05, 0.1) is 13.2 Å². The fourth-order valence-electron chi connectivity index (χ4n) is 2.22. The third kappa shape index (κ3) is 7.52. The Bertz CT molecular complexity index is 245. The maximum Gasteiger partial charge on any atom is 0.472 e. The van der Waals surface area contributed by atoms with Crippen LogP contribution in [0.4, 0.5) is 0 Å². The number of hydrogen-bond donors (Lipinski definition) is 1. The van der Waals surface area contributed by atoms with Crippen LogP contribution in [0.3, 0.4) is 0 Å². The minimum absolute atomic E-state index is 0.291. The lowest BCUT2D eigenvalue weighted by molar-refractivity contribution is 0.0539. The maximum atomic E-state index is 11.0. The van der Waals surface area contributed by atoms with Crippen molar-refractivity contribution < 1.29 is 18.5 Å². The van der Waals surface area contributed by atoms with Gasteiger partial charge in [-0.15, -0.1) is 0 Å². The van der Waals surface area contributed by atoms with E-state index in [1.165, 1.54) is 51.4 Å². The largest absolute Gasteiger partial charge is 0.472 e. The molecule has 0 unspecified atom stereocenters. The van der Waals surface area contributed by atoms with E-state index in [4.69, 9.17) is 13.9 Å². The minimum Gasteiger partial charge on any atom is -0.302 e. The van der Waals surface area contributed by atoms with Gasteiger partial charge < -0.3 is 4.89 Å². The third-order valence-corrected chi connectivity index (χ3v) is 4.36. The highest BCUT2D eigenvalue weighted by Gasteiger charge is 2.29. The Balaban J connectivity index is 1.88. The van der Waals surface area contributed by atoms with E-state index in [0.29, 0.717) is 19.1 Å². The van der Waals surface area contributed by atoms with Crippen molar-refractivity contribution in [3.63, 3.8) is 0 Å². The molecule has 18 heavy (non-hydrogen) atoms. The second kappa shape index (κ2) is 9.08. The molecule has 0 atom stereocenters. The molecule has 0 aromatic carbocycles. The van der Waals surface area contributed by atoms with Crippen LogP contribution in [0.25, 0.3) is 0 Å². The Hall–Kier alpha value is 0.110. The minimum atomic E-state index is -3.68. The topological polar surface area (TPSA) is 55.8 Å². The Morgan fingerprint density at radius 3 is 2.06 bits per heavy atom. The lowest BCUT2D eigenvalue weighted by atomic mass is 10.0. The standard InChI is InChI=1S/C13H27O4P/c1-2-3-4-5-6-7-8-9-10-13-11-16-18(14,15)17-12-13/h13H,2-12H2,1H3,(H,14,15). The highest BCUT2D eigenvalue weighted by atomic mass is 31.2. The SMILES string of the molecule is CCCCCCCCCCC1COP(=O)(O)OC1.